The Hall–Kier alpha value is -1.56. The minimum Gasteiger partial charge on any atom is -0.381 e. The molecule has 2 heterocycles. The first-order valence-corrected chi connectivity index (χ1v) is 5.92. The van der Waals surface area contributed by atoms with Crippen molar-refractivity contribution in [1.29, 1.82) is 0 Å². The lowest BCUT2D eigenvalue weighted by molar-refractivity contribution is 0.0830. The van der Waals surface area contributed by atoms with Gasteiger partial charge < -0.3 is 15.9 Å². The van der Waals surface area contributed by atoms with Crippen LogP contribution in [-0.2, 0) is 4.74 Å². The first kappa shape index (κ1) is 11.9. The van der Waals surface area contributed by atoms with Gasteiger partial charge in [0.2, 0.25) is 0 Å². The summed E-state index contributed by atoms with van der Waals surface area (Å²) in [7, 11) is 0. The summed E-state index contributed by atoms with van der Waals surface area (Å²) < 4.78 is 6.70. The van der Waals surface area contributed by atoms with Gasteiger partial charge in [-0.25, -0.2) is 9.66 Å². The maximum absolute atomic E-state index is 11.7. The Morgan fingerprint density at radius 1 is 1.65 bits per heavy atom. The fraction of sp³-hybridized carbons (Fsp3) is 0.636. The van der Waals surface area contributed by atoms with Crippen LogP contribution < -0.4 is 11.2 Å². The average molecular weight is 238 g/mol. The molecule has 0 atom stereocenters. The van der Waals surface area contributed by atoms with Gasteiger partial charge in [0.05, 0.1) is 6.20 Å². The predicted octanol–water partition coefficient (Wildman–Crippen LogP) is 0.241. The fourth-order valence-corrected chi connectivity index (χ4v) is 2.05. The van der Waals surface area contributed by atoms with Gasteiger partial charge in [-0.1, -0.05) is 0 Å². The number of nitrogens with zero attached hydrogens (tertiary/aromatic N) is 2. The van der Waals surface area contributed by atoms with E-state index >= 15 is 0 Å². The number of nitrogens with one attached hydrogen (secondary N) is 1. The van der Waals surface area contributed by atoms with E-state index in [-0.39, 0.29) is 11.8 Å². The second-order valence-electron chi connectivity index (χ2n) is 4.12. The van der Waals surface area contributed by atoms with Gasteiger partial charge in [-0.05, 0) is 19.8 Å². The molecule has 17 heavy (non-hydrogen) atoms. The number of nitrogens with two attached hydrogens (primary N) is 1. The number of carbonyl (C=O) groups is 1. The van der Waals surface area contributed by atoms with Crippen LogP contribution in [0.2, 0.25) is 0 Å². The molecule has 1 amide bonds. The Balaban J connectivity index is 2.16. The SMILES string of the molecule is CCNC(=O)c1cnc(C2CCOCC2)n1N. The van der Waals surface area contributed by atoms with E-state index in [9.17, 15) is 4.79 Å². The molecule has 3 N–H and O–H groups in total. The molecule has 1 aromatic heterocycles. The lowest BCUT2D eigenvalue weighted by Crippen LogP contribution is -2.29. The highest BCUT2D eigenvalue weighted by Crippen LogP contribution is 2.25. The quantitative estimate of drug-likeness (QED) is 0.739. The van der Waals surface area contributed by atoms with Crippen LogP contribution in [-0.4, -0.2) is 35.3 Å². The van der Waals surface area contributed by atoms with E-state index in [1.165, 1.54) is 10.9 Å². The third-order valence-corrected chi connectivity index (χ3v) is 2.98. The Morgan fingerprint density at radius 2 is 2.35 bits per heavy atom. The minimum atomic E-state index is -0.180. The molecule has 1 saturated heterocycles. The first-order chi connectivity index (χ1) is 8.24. The third kappa shape index (κ3) is 2.41. The molecule has 0 aromatic carbocycles. The van der Waals surface area contributed by atoms with Crippen LogP contribution in [0.3, 0.4) is 0 Å². The molecule has 6 nitrogen and oxygen atoms in total. The van der Waals surface area contributed by atoms with Crippen molar-refractivity contribution in [1.82, 2.24) is 15.0 Å². The van der Waals surface area contributed by atoms with Crippen LogP contribution in [0.25, 0.3) is 0 Å². The summed E-state index contributed by atoms with van der Waals surface area (Å²) in [5, 5.41) is 2.71. The zero-order chi connectivity index (χ0) is 12.3. The van der Waals surface area contributed by atoms with Gasteiger partial charge in [0.25, 0.3) is 5.91 Å². The molecular formula is C11H18N4O2. The largest absolute Gasteiger partial charge is 0.381 e. The van der Waals surface area contributed by atoms with Gasteiger partial charge in [-0.15, -0.1) is 0 Å². The highest BCUT2D eigenvalue weighted by atomic mass is 16.5. The summed E-state index contributed by atoms with van der Waals surface area (Å²) in [4.78, 5) is 15.9. The lowest BCUT2D eigenvalue weighted by Gasteiger charge is -2.21. The monoisotopic (exact) mass is 238 g/mol. The molecule has 94 valence electrons. The van der Waals surface area contributed by atoms with Crippen LogP contribution in [0, 0.1) is 0 Å². The van der Waals surface area contributed by atoms with E-state index in [0.29, 0.717) is 12.2 Å². The maximum atomic E-state index is 11.7. The molecular weight excluding hydrogens is 220 g/mol. The Kier molecular flexibility index (Phi) is 3.63. The number of hydrogen-bond donors (Lipinski definition) is 2. The molecule has 0 saturated carbocycles. The number of nitrogen functional groups attached to an aromatic ring is 1. The predicted molar refractivity (Wildman–Crippen MR) is 63.2 cm³/mol. The van der Waals surface area contributed by atoms with Crippen molar-refractivity contribution in [3.63, 3.8) is 0 Å². The van der Waals surface area contributed by atoms with Gasteiger partial charge in [-0.2, -0.15) is 0 Å². The van der Waals surface area contributed by atoms with Crippen LogP contribution in [0.5, 0.6) is 0 Å². The summed E-state index contributed by atoms with van der Waals surface area (Å²) in [5.41, 5.74) is 0.411. The van der Waals surface area contributed by atoms with Crippen molar-refractivity contribution in [2.75, 3.05) is 25.6 Å². The van der Waals surface area contributed by atoms with Gasteiger partial charge in [-0.3, -0.25) is 4.79 Å². The van der Waals surface area contributed by atoms with E-state index in [0.717, 1.165) is 31.9 Å². The van der Waals surface area contributed by atoms with Crippen molar-refractivity contribution in [2.45, 2.75) is 25.7 Å². The van der Waals surface area contributed by atoms with E-state index in [1.54, 1.807) is 0 Å². The normalized spacial score (nSPS) is 17.0. The molecule has 1 aromatic rings. The van der Waals surface area contributed by atoms with Gasteiger partial charge >= 0.3 is 0 Å². The number of hydrogen-bond acceptors (Lipinski definition) is 4. The molecule has 1 aliphatic heterocycles. The van der Waals surface area contributed by atoms with E-state index in [2.05, 4.69) is 10.3 Å². The molecule has 1 fully saturated rings. The van der Waals surface area contributed by atoms with Crippen molar-refractivity contribution in [3.8, 4) is 0 Å². The molecule has 0 spiro atoms. The second-order valence-corrected chi connectivity index (χ2v) is 4.12. The van der Waals surface area contributed by atoms with Crippen LogP contribution in [0.1, 0.15) is 42.0 Å². The highest BCUT2D eigenvalue weighted by molar-refractivity contribution is 5.92. The van der Waals surface area contributed by atoms with Gasteiger partial charge in [0.1, 0.15) is 11.5 Å². The van der Waals surface area contributed by atoms with Crippen LogP contribution in [0.4, 0.5) is 0 Å². The summed E-state index contributed by atoms with van der Waals surface area (Å²) in [6.45, 7) is 3.91. The maximum Gasteiger partial charge on any atom is 0.271 e. The molecule has 2 rings (SSSR count). The van der Waals surface area contributed by atoms with Crippen LogP contribution in [0.15, 0.2) is 6.20 Å². The zero-order valence-electron chi connectivity index (χ0n) is 9.98. The topological polar surface area (TPSA) is 82.2 Å². The van der Waals surface area contributed by atoms with E-state index < -0.39 is 0 Å². The summed E-state index contributed by atoms with van der Waals surface area (Å²) in [5.74, 6) is 6.80. The van der Waals surface area contributed by atoms with Crippen molar-refractivity contribution < 1.29 is 9.53 Å². The van der Waals surface area contributed by atoms with Crippen LogP contribution >= 0.6 is 0 Å². The van der Waals surface area contributed by atoms with E-state index in [1.807, 2.05) is 6.92 Å². The number of amides is 1. The number of carbonyl (C=O) groups excluding carboxylic acids is 1. The summed E-state index contributed by atoms with van der Waals surface area (Å²) in [6, 6.07) is 0. The summed E-state index contributed by atoms with van der Waals surface area (Å²) >= 11 is 0. The van der Waals surface area contributed by atoms with Gasteiger partial charge in [0, 0.05) is 25.7 Å². The van der Waals surface area contributed by atoms with E-state index in [4.69, 9.17) is 10.6 Å². The van der Waals surface area contributed by atoms with Crippen molar-refractivity contribution in [3.05, 3.63) is 17.7 Å². The molecule has 0 unspecified atom stereocenters. The molecule has 1 aliphatic rings. The van der Waals surface area contributed by atoms with Crippen molar-refractivity contribution >= 4 is 5.91 Å². The summed E-state index contributed by atoms with van der Waals surface area (Å²) in [6.07, 6.45) is 3.35. The molecule has 6 heteroatoms. The Labute approximate surface area is 100 Å². The standard InChI is InChI=1S/C11H18N4O2/c1-2-13-11(16)9-7-14-10(15(9)12)8-3-5-17-6-4-8/h7-8H,2-6,12H2,1H3,(H,13,16). The highest BCUT2D eigenvalue weighted by Gasteiger charge is 2.23. The van der Waals surface area contributed by atoms with Crippen molar-refractivity contribution in [2.24, 2.45) is 0 Å². The lowest BCUT2D eigenvalue weighted by atomic mass is 10.00. The smallest absolute Gasteiger partial charge is 0.271 e. The average Bonchev–Trinajstić information content (AvgIpc) is 2.72. The second kappa shape index (κ2) is 5.18. The third-order valence-electron chi connectivity index (χ3n) is 2.98. The fourth-order valence-electron chi connectivity index (χ4n) is 2.05. The molecule has 0 aliphatic carbocycles. The zero-order valence-corrected chi connectivity index (χ0v) is 9.98. The number of ether oxygens (including phenoxy) is 1. The Morgan fingerprint density at radius 3 is 3.00 bits per heavy atom. The number of rotatable bonds is 3. The molecule has 0 bridgehead atoms. The number of imidazole rings is 1. The Bertz CT molecular complexity index is 396. The molecule has 0 radical (unpaired) electrons. The minimum absolute atomic E-state index is 0.180. The number of aromatic nitrogens is 2. The first-order valence-electron chi connectivity index (χ1n) is 5.92. The van der Waals surface area contributed by atoms with Gasteiger partial charge in [0.15, 0.2) is 0 Å².